The summed E-state index contributed by atoms with van der Waals surface area (Å²) in [7, 11) is 0. The molecule has 0 saturated heterocycles. The number of rotatable bonds is 3. The first-order valence-electron chi connectivity index (χ1n) is 6.12. The highest BCUT2D eigenvalue weighted by Gasteiger charge is 2.14. The number of benzene rings is 1. The normalized spacial score (nSPS) is 11.0. The number of carboxylic acids is 1. The summed E-state index contributed by atoms with van der Waals surface area (Å²) >= 11 is 0. The van der Waals surface area contributed by atoms with Crippen LogP contribution in [0.3, 0.4) is 0 Å². The maximum atomic E-state index is 11.1. The number of nitrogens with one attached hydrogen (secondary N) is 2. The molecule has 4 heteroatoms. The molecule has 3 N–H and O–H groups in total. The van der Waals surface area contributed by atoms with Gasteiger partial charge in [-0.05, 0) is 30.2 Å². The molecule has 3 aromatic rings. The van der Waals surface area contributed by atoms with Crippen LogP contribution in [0.2, 0.25) is 0 Å². The van der Waals surface area contributed by atoms with Gasteiger partial charge in [-0.1, -0.05) is 12.1 Å². The van der Waals surface area contributed by atoms with Crippen molar-refractivity contribution in [2.45, 2.75) is 13.3 Å². The predicted octanol–water partition coefficient (Wildman–Crippen LogP) is 3.09. The van der Waals surface area contributed by atoms with Gasteiger partial charge in [-0.2, -0.15) is 0 Å². The van der Waals surface area contributed by atoms with E-state index in [9.17, 15) is 4.79 Å². The Morgan fingerprint density at radius 2 is 2.11 bits per heavy atom. The first kappa shape index (κ1) is 11.6. The summed E-state index contributed by atoms with van der Waals surface area (Å²) in [6.07, 6.45) is 4.20. The quantitative estimate of drug-likeness (QED) is 0.672. The van der Waals surface area contributed by atoms with Crippen LogP contribution in [0.4, 0.5) is 0 Å². The SMILES string of the molecule is Cc1cccc2[nH]cc(Cc3[nH]ccc3C(=O)O)c12. The van der Waals surface area contributed by atoms with E-state index in [0.717, 1.165) is 16.8 Å². The number of aryl methyl sites for hydroxylation is 1. The van der Waals surface area contributed by atoms with Crippen LogP contribution in [0.5, 0.6) is 0 Å². The van der Waals surface area contributed by atoms with Gasteiger partial charge in [0, 0.05) is 35.4 Å². The first-order valence-corrected chi connectivity index (χ1v) is 6.12. The largest absolute Gasteiger partial charge is 0.478 e. The Morgan fingerprint density at radius 3 is 2.89 bits per heavy atom. The minimum Gasteiger partial charge on any atom is -0.478 e. The second-order valence-electron chi connectivity index (χ2n) is 4.66. The second-order valence-corrected chi connectivity index (χ2v) is 4.66. The smallest absolute Gasteiger partial charge is 0.337 e. The van der Waals surface area contributed by atoms with Crippen LogP contribution in [0, 0.1) is 6.92 Å². The third-order valence-corrected chi connectivity index (χ3v) is 3.43. The molecule has 4 nitrogen and oxygen atoms in total. The molecule has 0 saturated carbocycles. The van der Waals surface area contributed by atoms with E-state index in [1.807, 2.05) is 18.3 Å². The lowest BCUT2D eigenvalue weighted by molar-refractivity contribution is 0.0696. The predicted molar refractivity (Wildman–Crippen MR) is 73.6 cm³/mol. The molecule has 0 amide bonds. The van der Waals surface area contributed by atoms with Crippen molar-refractivity contribution in [3.8, 4) is 0 Å². The number of aromatic nitrogens is 2. The molecule has 2 aromatic heterocycles. The fraction of sp³-hybridized carbons (Fsp3) is 0.133. The molecule has 0 atom stereocenters. The van der Waals surface area contributed by atoms with Crippen LogP contribution >= 0.6 is 0 Å². The molecule has 0 aliphatic rings. The van der Waals surface area contributed by atoms with Crippen molar-refractivity contribution in [3.63, 3.8) is 0 Å². The fourth-order valence-corrected chi connectivity index (χ4v) is 2.53. The van der Waals surface area contributed by atoms with Crippen LogP contribution in [0.15, 0.2) is 36.7 Å². The molecule has 0 unspecified atom stereocenters. The average Bonchev–Trinajstić information content (AvgIpc) is 2.98. The summed E-state index contributed by atoms with van der Waals surface area (Å²) in [5.41, 5.74) is 4.45. The molecule has 0 fully saturated rings. The van der Waals surface area contributed by atoms with Gasteiger partial charge in [0.15, 0.2) is 0 Å². The molecule has 3 rings (SSSR count). The summed E-state index contributed by atoms with van der Waals surface area (Å²) in [5, 5.41) is 10.3. The van der Waals surface area contributed by atoms with Crippen molar-refractivity contribution < 1.29 is 9.90 Å². The molecule has 1 aromatic carbocycles. The Morgan fingerprint density at radius 1 is 1.26 bits per heavy atom. The van der Waals surface area contributed by atoms with E-state index in [1.54, 1.807) is 12.3 Å². The van der Waals surface area contributed by atoms with Gasteiger partial charge in [0.05, 0.1) is 5.56 Å². The number of hydrogen-bond donors (Lipinski definition) is 3. The van der Waals surface area contributed by atoms with Gasteiger partial charge in [0.2, 0.25) is 0 Å². The van der Waals surface area contributed by atoms with Gasteiger partial charge in [-0.3, -0.25) is 0 Å². The van der Waals surface area contributed by atoms with Crippen molar-refractivity contribution >= 4 is 16.9 Å². The molecule has 0 spiro atoms. The molecule has 2 heterocycles. The summed E-state index contributed by atoms with van der Waals surface area (Å²) < 4.78 is 0. The summed E-state index contributed by atoms with van der Waals surface area (Å²) in [6.45, 7) is 2.06. The Kier molecular flexibility index (Phi) is 2.63. The summed E-state index contributed by atoms with van der Waals surface area (Å²) in [5.74, 6) is -0.896. The van der Waals surface area contributed by atoms with Crippen molar-refractivity contribution in [2.75, 3.05) is 0 Å². The Balaban J connectivity index is 2.06. The van der Waals surface area contributed by atoms with Crippen LogP contribution in [0.1, 0.15) is 27.2 Å². The van der Waals surface area contributed by atoms with Crippen molar-refractivity contribution in [1.29, 1.82) is 0 Å². The second kappa shape index (κ2) is 4.31. The fourth-order valence-electron chi connectivity index (χ4n) is 2.53. The van der Waals surface area contributed by atoms with E-state index >= 15 is 0 Å². The molecule has 19 heavy (non-hydrogen) atoms. The lowest BCUT2D eigenvalue weighted by Gasteiger charge is -2.02. The maximum Gasteiger partial charge on any atom is 0.337 e. The average molecular weight is 254 g/mol. The Bertz CT molecular complexity index is 752. The number of aromatic amines is 2. The third-order valence-electron chi connectivity index (χ3n) is 3.43. The zero-order valence-electron chi connectivity index (χ0n) is 10.5. The van der Waals surface area contributed by atoms with Gasteiger partial charge in [-0.25, -0.2) is 4.79 Å². The molecule has 0 bridgehead atoms. The highest BCUT2D eigenvalue weighted by molar-refractivity contribution is 5.90. The standard InChI is InChI=1S/C15H14N2O2/c1-9-3-2-4-12-14(9)10(8-17-12)7-13-11(15(18)19)5-6-16-13/h2-6,8,16-17H,7H2,1H3,(H,18,19). The van der Waals surface area contributed by atoms with E-state index in [0.29, 0.717) is 12.0 Å². The first-order chi connectivity index (χ1) is 9.16. The molecule has 0 aliphatic carbocycles. The zero-order chi connectivity index (χ0) is 13.4. The van der Waals surface area contributed by atoms with Crippen molar-refractivity contribution in [2.24, 2.45) is 0 Å². The highest BCUT2D eigenvalue weighted by Crippen LogP contribution is 2.24. The molecular formula is C15H14N2O2. The van der Waals surface area contributed by atoms with Crippen LogP contribution < -0.4 is 0 Å². The summed E-state index contributed by atoms with van der Waals surface area (Å²) in [4.78, 5) is 17.4. The Labute approximate surface area is 110 Å². The van der Waals surface area contributed by atoms with Crippen LogP contribution in [0.25, 0.3) is 10.9 Å². The Hall–Kier alpha value is -2.49. The van der Waals surface area contributed by atoms with Gasteiger partial charge in [-0.15, -0.1) is 0 Å². The number of aromatic carboxylic acids is 1. The van der Waals surface area contributed by atoms with Gasteiger partial charge < -0.3 is 15.1 Å². The number of hydrogen-bond acceptors (Lipinski definition) is 1. The van der Waals surface area contributed by atoms with E-state index in [-0.39, 0.29) is 0 Å². The lowest BCUT2D eigenvalue weighted by Crippen LogP contribution is -2.00. The highest BCUT2D eigenvalue weighted by atomic mass is 16.4. The topological polar surface area (TPSA) is 68.9 Å². The molecule has 0 aliphatic heterocycles. The number of carbonyl (C=O) groups is 1. The van der Waals surface area contributed by atoms with E-state index < -0.39 is 5.97 Å². The van der Waals surface area contributed by atoms with E-state index in [4.69, 9.17) is 5.11 Å². The number of carboxylic acid groups (broad SMARTS) is 1. The van der Waals surface area contributed by atoms with E-state index in [2.05, 4.69) is 23.0 Å². The molecule has 0 radical (unpaired) electrons. The van der Waals surface area contributed by atoms with Crippen LogP contribution in [-0.2, 0) is 6.42 Å². The van der Waals surface area contributed by atoms with Gasteiger partial charge >= 0.3 is 5.97 Å². The molecule has 96 valence electrons. The third kappa shape index (κ3) is 1.91. The maximum absolute atomic E-state index is 11.1. The minimum absolute atomic E-state index is 0.336. The summed E-state index contributed by atoms with van der Waals surface area (Å²) in [6, 6.07) is 7.69. The lowest BCUT2D eigenvalue weighted by atomic mass is 10.0. The van der Waals surface area contributed by atoms with Crippen molar-refractivity contribution in [1.82, 2.24) is 9.97 Å². The number of H-pyrrole nitrogens is 2. The van der Waals surface area contributed by atoms with Crippen LogP contribution in [-0.4, -0.2) is 21.0 Å². The van der Waals surface area contributed by atoms with Crippen molar-refractivity contribution in [3.05, 3.63) is 59.0 Å². The van der Waals surface area contributed by atoms with Gasteiger partial charge in [0.1, 0.15) is 0 Å². The van der Waals surface area contributed by atoms with E-state index in [1.165, 1.54) is 10.9 Å². The number of fused-ring (bicyclic) bond motifs is 1. The minimum atomic E-state index is -0.896. The van der Waals surface area contributed by atoms with Gasteiger partial charge in [0.25, 0.3) is 0 Å². The monoisotopic (exact) mass is 254 g/mol. The zero-order valence-corrected chi connectivity index (χ0v) is 10.5. The molecular weight excluding hydrogens is 240 g/mol.